The van der Waals surface area contributed by atoms with E-state index >= 15 is 0 Å². The Hall–Kier alpha value is -2.70. The molecule has 1 N–H and O–H groups in total. The molecule has 0 saturated heterocycles. The van der Waals surface area contributed by atoms with Crippen LogP contribution in [0.25, 0.3) is 0 Å². The van der Waals surface area contributed by atoms with Gasteiger partial charge >= 0.3 is 0 Å². The number of rotatable bonds is 4. The van der Waals surface area contributed by atoms with Crippen molar-refractivity contribution in [3.63, 3.8) is 0 Å². The van der Waals surface area contributed by atoms with Gasteiger partial charge in [-0.3, -0.25) is 0 Å². The van der Waals surface area contributed by atoms with Crippen molar-refractivity contribution in [3.05, 3.63) is 94.5 Å². The van der Waals surface area contributed by atoms with E-state index in [1.54, 1.807) is 7.11 Å². The monoisotopic (exact) mass is 391 g/mol. The van der Waals surface area contributed by atoms with Gasteiger partial charge in [-0.05, 0) is 42.0 Å². The van der Waals surface area contributed by atoms with Crippen molar-refractivity contribution in [2.45, 2.75) is 6.04 Å². The van der Waals surface area contributed by atoms with E-state index in [9.17, 15) is 0 Å². The van der Waals surface area contributed by atoms with Gasteiger partial charge in [0, 0.05) is 10.0 Å². The molecule has 124 valence electrons. The predicted octanol–water partition coefficient (Wildman–Crippen LogP) is 5.66. The van der Waals surface area contributed by atoms with Crippen LogP contribution < -0.4 is 10.1 Å². The van der Waals surface area contributed by atoms with Crippen LogP contribution >= 0.6 is 15.9 Å². The molecule has 0 aliphatic rings. The van der Waals surface area contributed by atoms with Gasteiger partial charge < -0.3 is 10.1 Å². The highest BCUT2D eigenvalue weighted by Gasteiger charge is 2.11. The largest absolute Gasteiger partial charge is 0.495 e. The molecule has 3 aromatic rings. The smallest absolute Gasteiger partial charge is 0.141 e. The Bertz CT molecular complexity index is 896. The average Bonchev–Trinajstić information content (AvgIpc) is 2.66. The van der Waals surface area contributed by atoms with Crippen molar-refractivity contribution in [1.29, 1.82) is 0 Å². The van der Waals surface area contributed by atoms with Crippen LogP contribution in [-0.4, -0.2) is 7.11 Å². The van der Waals surface area contributed by atoms with Crippen molar-refractivity contribution in [2.75, 3.05) is 12.4 Å². The lowest BCUT2D eigenvalue weighted by Crippen LogP contribution is -2.09. The van der Waals surface area contributed by atoms with Crippen LogP contribution in [0.5, 0.6) is 5.75 Å². The maximum atomic E-state index is 5.45. The SMILES string of the molecule is COc1ccccc1NC(C#Cc1ccccc1)c1cccc(Br)c1. The Kier molecular flexibility index (Phi) is 5.77. The van der Waals surface area contributed by atoms with Gasteiger partial charge in [0.05, 0.1) is 12.8 Å². The zero-order valence-corrected chi connectivity index (χ0v) is 15.5. The summed E-state index contributed by atoms with van der Waals surface area (Å²) >= 11 is 3.54. The van der Waals surface area contributed by atoms with E-state index in [-0.39, 0.29) is 6.04 Å². The topological polar surface area (TPSA) is 21.3 Å². The lowest BCUT2D eigenvalue weighted by molar-refractivity contribution is 0.416. The molecule has 0 amide bonds. The molecule has 0 fully saturated rings. The summed E-state index contributed by atoms with van der Waals surface area (Å²) in [4.78, 5) is 0. The number of anilines is 1. The van der Waals surface area contributed by atoms with Crippen molar-refractivity contribution in [1.82, 2.24) is 0 Å². The number of ether oxygens (including phenoxy) is 1. The number of methoxy groups -OCH3 is 1. The van der Waals surface area contributed by atoms with Crippen molar-refractivity contribution in [3.8, 4) is 17.6 Å². The van der Waals surface area contributed by atoms with Gasteiger partial charge in [0.1, 0.15) is 11.8 Å². The van der Waals surface area contributed by atoms with E-state index < -0.39 is 0 Å². The van der Waals surface area contributed by atoms with Crippen LogP contribution in [0.2, 0.25) is 0 Å². The third kappa shape index (κ3) is 4.65. The van der Waals surface area contributed by atoms with Crippen molar-refractivity contribution >= 4 is 21.6 Å². The van der Waals surface area contributed by atoms with Crippen LogP contribution in [0, 0.1) is 11.8 Å². The third-order valence-electron chi connectivity index (χ3n) is 3.72. The first-order valence-corrected chi connectivity index (χ1v) is 8.77. The second-order valence-corrected chi connectivity index (χ2v) is 6.38. The highest BCUT2D eigenvalue weighted by Crippen LogP contribution is 2.28. The minimum absolute atomic E-state index is 0.158. The van der Waals surface area contributed by atoms with Crippen LogP contribution in [0.4, 0.5) is 5.69 Å². The van der Waals surface area contributed by atoms with E-state index in [2.05, 4.69) is 45.2 Å². The van der Waals surface area contributed by atoms with Crippen molar-refractivity contribution in [2.24, 2.45) is 0 Å². The van der Waals surface area contributed by atoms with Gasteiger partial charge in [0.2, 0.25) is 0 Å². The normalized spacial score (nSPS) is 11.1. The van der Waals surface area contributed by atoms with Crippen LogP contribution in [-0.2, 0) is 0 Å². The number of nitrogens with one attached hydrogen (secondary N) is 1. The van der Waals surface area contributed by atoms with E-state index in [0.29, 0.717) is 0 Å². The van der Waals surface area contributed by atoms with E-state index in [1.807, 2.05) is 66.7 Å². The first kappa shape index (κ1) is 17.1. The third-order valence-corrected chi connectivity index (χ3v) is 4.22. The van der Waals surface area contributed by atoms with Gasteiger partial charge in [-0.1, -0.05) is 70.2 Å². The van der Waals surface area contributed by atoms with E-state index in [0.717, 1.165) is 27.0 Å². The van der Waals surface area contributed by atoms with Crippen LogP contribution in [0.3, 0.4) is 0 Å². The number of hydrogen-bond acceptors (Lipinski definition) is 2. The summed E-state index contributed by atoms with van der Waals surface area (Å²) in [5.41, 5.74) is 2.99. The molecule has 0 saturated carbocycles. The zero-order chi connectivity index (χ0) is 17.5. The molecule has 0 spiro atoms. The molecule has 1 atom stereocenters. The number of benzene rings is 3. The molecule has 2 nitrogen and oxygen atoms in total. The molecule has 0 aromatic heterocycles. The lowest BCUT2D eigenvalue weighted by Gasteiger charge is -2.17. The molecule has 0 aliphatic heterocycles. The summed E-state index contributed by atoms with van der Waals surface area (Å²) in [6, 6.07) is 25.9. The summed E-state index contributed by atoms with van der Waals surface area (Å²) in [6.07, 6.45) is 0. The summed E-state index contributed by atoms with van der Waals surface area (Å²) in [6.45, 7) is 0. The fraction of sp³-hybridized carbons (Fsp3) is 0.0909. The molecule has 0 radical (unpaired) electrons. The summed E-state index contributed by atoms with van der Waals surface area (Å²) in [5, 5.41) is 3.49. The molecule has 0 heterocycles. The highest BCUT2D eigenvalue weighted by molar-refractivity contribution is 9.10. The summed E-state index contributed by atoms with van der Waals surface area (Å²) in [5.74, 6) is 7.39. The second kappa shape index (κ2) is 8.41. The average molecular weight is 392 g/mol. The van der Waals surface area contributed by atoms with Crippen LogP contribution in [0.1, 0.15) is 17.2 Å². The molecule has 0 aliphatic carbocycles. The minimum atomic E-state index is -0.158. The van der Waals surface area contributed by atoms with E-state index in [4.69, 9.17) is 4.74 Å². The Morgan fingerprint density at radius 2 is 1.68 bits per heavy atom. The first-order valence-electron chi connectivity index (χ1n) is 7.98. The maximum absolute atomic E-state index is 5.45. The Morgan fingerprint density at radius 3 is 2.44 bits per heavy atom. The van der Waals surface area contributed by atoms with E-state index in [1.165, 1.54) is 0 Å². The molecule has 3 aromatic carbocycles. The number of halogens is 1. The maximum Gasteiger partial charge on any atom is 0.141 e. The molecular formula is C22H18BrNO. The van der Waals surface area contributed by atoms with Crippen molar-refractivity contribution < 1.29 is 4.74 Å². The van der Waals surface area contributed by atoms with Gasteiger partial charge in [-0.2, -0.15) is 0 Å². The Labute approximate surface area is 157 Å². The van der Waals surface area contributed by atoms with Gasteiger partial charge in [0.25, 0.3) is 0 Å². The molecule has 1 unspecified atom stereocenters. The number of hydrogen-bond donors (Lipinski definition) is 1. The molecule has 0 bridgehead atoms. The Balaban J connectivity index is 1.96. The minimum Gasteiger partial charge on any atom is -0.495 e. The molecular weight excluding hydrogens is 374 g/mol. The number of para-hydroxylation sites is 2. The fourth-order valence-electron chi connectivity index (χ4n) is 2.49. The molecule has 3 rings (SSSR count). The lowest BCUT2D eigenvalue weighted by atomic mass is 10.1. The Morgan fingerprint density at radius 1 is 0.920 bits per heavy atom. The molecule has 3 heteroatoms. The van der Waals surface area contributed by atoms with Crippen LogP contribution in [0.15, 0.2) is 83.3 Å². The summed E-state index contributed by atoms with van der Waals surface area (Å²) < 4.78 is 6.47. The fourth-order valence-corrected chi connectivity index (χ4v) is 2.90. The predicted molar refractivity (Wildman–Crippen MR) is 107 cm³/mol. The van der Waals surface area contributed by atoms with Gasteiger partial charge in [-0.15, -0.1) is 0 Å². The molecule has 25 heavy (non-hydrogen) atoms. The van der Waals surface area contributed by atoms with Gasteiger partial charge in [0.15, 0.2) is 0 Å². The standard InChI is InChI=1S/C22H18BrNO/c1-25-22-13-6-5-12-21(22)24-20(18-10-7-11-19(23)16-18)15-14-17-8-3-2-4-9-17/h2-13,16,20,24H,1H3. The highest BCUT2D eigenvalue weighted by atomic mass is 79.9. The quantitative estimate of drug-likeness (QED) is 0.579. The summed E-state index contributed by atoms with van der Waals surface area (Å²) in [7, 11) is 1.67. The second-order valence-electron chi connectivity index (χ2n) is 5.47. The first-order chi connectivity index (χ1) is 12.3. The zero-order valence-electron chi connectivity index (χ0n) is 13.9. The van der Waals surface area contributed by atoms with Gasteiger partial charge in [-0.25, -0.2) is 0 Å².